The molecule has 0 aromatic carbocycles. The average molecular weight is 232 g/mol. The van der Waals surface area contributed by atoms with Crippen molar-refractivity contribution < 1.29 is 26.7 Å². The lowest BCUT2D eigenvalue weighted by molar-refractivity contribution is -0.349. The Labute approximate surface area is 84.9 Å². The van der Waals surface area contributed by atoms with Crippen LogP contribution in [0, 0.1) is 5.41 Å². The lowest BCUT2D eigenvalue weighted by Crippen LogP contribution is -2.44. The largest absolute Gasteiger partial charge is 0.414 e. The molecule has 1 unspecified atom stereocenters. The van der Waals surface area contributed by atoms with Crippen molar-refractivity contribution in [1.82, 2.24) is 0 Å². The van der Waals surface area contributed by atoms with Crippen molar-refractivity contribution in [3.8, 4) is 0 Å². The van der Waals surface area contributed by atoms with Gasteiger partial charge in [0, 0.05) is 0 Å². The third-order valence-electron chi connectivity index (χ3n) is 2.05. The van der Waals surface area contributed by atoms with Gasteiger partial charge in [-0.25, -0.2) is 0 Å². The Morgan fingerprint density at radius 1 is 1.13 bits per heavy atom. The van der Waals surface area contributed by atoms with Crippen molar-refractivity contribution in [3.63, 3.8) is 0 Å². The molecule has 0 radical (unpaired) electrons. The van der Waals surface area contributed by atoms with Gasteiger partial charge in [-0.1, -0.05) is 6.08 Å². The van der Waals surface area contributed by atoms with Crippen LogP contribution in [-0.4, -0.2) is 18.4 Å². The van der Waals surface area contributed by atoms with Gasteiger partial charge < -0.3 is 4.74 Å². The maximum absolute atomic E-state index is 13.2. The number of halogens is 5. The summed E-state index contributed by atoms with van der Waals surface area (Å²) in [5.74, 6) is 0. The number of rotatable bonds is 4. The fraction of sp³-hybridized carbons (Fsp3) is 0.778. The smallest absolute Gasteiger partial charge is 0.307 e. The molecule has 1 nitrogen and oxygen atoms in total. The zero-order chi connectivity index (χ0) is 12.5. The van der Waals surface area contributed by atoms with Crippen molar-refractivity contribution in [2.45, 2.75) is 39.2 Å². The molecule has 0 spiro atoms. The molecule has 0 saturated heterocycles. The van der Waals surface area contributed by atoms with E-state index in [-0.39, 0.29) is 0 Å². The fourth-order valence-electron chi connectivity index (χ4n) is 0.560. The Kier molecular flexibility index (Phi) is 3.90. The molecule has 0 heterocycles. The molecule has 90 valence electrons. The summed E-state index contributed by atoms with van der Waals surface area (Å²) in [4.78, 5) is 0. The van der Waals surface area contributed by atoms with Gasteiger partial charge in [-0.2, -0.15) is 22.0 Å². The summed E-state index contributed by atoms with van der Waals surface area (Å²) < 4.78 is 66.1. The minimum atomic E-state index is -4.80. The van der Waals surface area contributed by atoms with Gasteiger partial charge in [0.1, 0.15) is 0 Å². The van der Waals surface area contributed by atoms with Crippen molar-refractivity contribution in [2.75, 3.05) is 0 Å². The molecule has 15 heavy (non-hydrogen) atoms. The van der Waals surface area contributed by atoms with Crippen LogP contribution in [0.5, 0.6) is 0 Å². The standard InChI is InChI=1S/C9H13F5O/c1-5-7(3,4)9(13,14)15-6(2)8(10,11)12/h5-6H,1H2,2-4H3. The van der Waals surface area contributed by atoms with Crippen LogP contribution in [-0.2, 0) is 4.74 Å². The van der Waals surface area contributed by atoms with Crippen molar-refractivity contribution in [2.24, 2.45) is 5.41 Å². The molecule has 0 aromatic rings. The van der Waals surface area contributed by atoms with Gasteiger partial charge in [0.05, 0.1) is 5.41 Å². The first-order valence-electron chi connectivity index (χ1n) is 4.20. The highest BCUT2D eigenvalue weighted by Crippen LogP contribution is 2.41. The molecule has 0 bridgehead atoms. The van der Waals surface area contributed by atoms with Gasteiger partial charge in [0.2, 0.25) is 0 Å². The molecular formula is C9H13F5O. The quantitative estimate of drug-likeness (QED) is 0.529. The van der Waals surface area contributed by atoms with Crippen LogP contribution in [0.2, 0.25) is 0 Å². The molecule has 6 heteroatoms. The lowest BCUT2D eigenvalue weighted by Gasteiger charge is -2.33. The van der Waals surface area contributed by atoms with Crippen molar-refractivity contribution in [1.29, 1.82) is 0 Å². The van der Waals surface area contributed by atoms with Crippen molar-refractivity contribution >= 4 is 0 Å². The van der Waals surface area contributed by atoms with Crippen molar-refractivity contribution in [3.05, 3.63) is 12.7 Å². The predicted molar refractivity (Wildman–Crippen MR) is 45.5 cm³/mol. The average Bonchev–Trinajstić information content (AvgIpc) is 2.01. The molecule has 0 saturated carbocycles. The van der Waals surface area contributed by atoms with E-state index in [1.54, 1.807) is 0 Å². The highest BCUT2D eigenvalue weighted by atomic mass is 19.4. The van der Waals surface area contributed by atoms with Crippen LogP contribution in [0.25, 0.3) is 0 Å². The highest BCUT2D eigenvalue weighted by molar-refractivity contribution is 4.94. The summed E-state index contributed by atoms with van der Waals surface area (Å²) in [5.41, 5.74) is -1.85. The van der Waals surface area contributed by atoms with Gasteiger partial charge in [0.15, 0.2) is 6.10 Å². The SMILES string of the molecule is C=CC(C)(C)C(F)(F)OC(C)C(F)(F)F. The van der Waals surface area contributed by atoms with E-state index in [1.165, 1.54) is 0 Å². The third-order valence-corrected chi connectivity index (χ3v) is 2.05. The minimum Gasteiger partial charge on any atom is -0.307 e. The number of hydrogen-bond donors (Lipinski definition) is 0. The zero-order valence-corrected chi connectivity index (χ0v) is 8.66. The van der Waals surface area contributed by atoms with Crippen LogP contribution in [0.15, 0.2) is 12.7 Å². The minimum absolute atomic E-state index is 0.535. The summed E-state index contributed by atoms with van der Waals surface area (Å²) in [6, 6.07) is 0. The third kappa shape index (κ3) is 3.44. The first kappa shape index (κ1) is 14.3. The molecule has 0 fully saturated rings. The van der Waals surface area contributed by atoms with E-state index >= 15 is 0 Å². The van der Waals surface area contributed by atoms with Crippen LogP contribution < -0.4 is 0 Å². The molecule has 0 amide bonds. The maximum Gasteiger partial charge on any atom is 0.414 e. The summed E-state index contributed by atoms with van der Waals surface area (Å²) in [5, 5.41) is 0. The second-order valence-electron chi connectivity index (χ2n) is 3.74. The molecule has 0 aliphatic carbocycles. The van der Waals surface area contributed by atoms with E-state index in [4.69, 9.17) is 0 Å². The Morgan fingerprint density at radius 2 is 1.53 bits per heavy atom. The molecule has 0 N–H and O–H groups in total. The Morgan fingerprint density at radius 3 is 1.80 bits per heavy atom. The van der Waals surface area contributed by atoms with E-state index < -0.39 is 23.8 Å². The normalized spacial score (nSPS) is 16.3. The van der Waals surface area contributed by atoms with Crippen LogP contribution in [0.3, 0.4) is 0 Å². The van der Waals surface area contributed by atoms with E-state index in [0.29, 0.717) is 6.92 Å². The van der Waals surface area contributed by atoms with E-state index in [1.807, 2.05) is 0 Å². The first-order chi connectivity index (χ1) is 6.44. The number of alkyl halides is 5. The molecule has 1 atom stereocenters. The fourth-order valence-corrected chi connectivity index (χ4v) is 0.560. The monoisotopic (exact) mass is 232 g/mol. The second kappa shape index (κ2) is 4.08. The molecule has 0 rings (SSSR count). The van der Waals surface area contributed by atoms with E-state index in [9.17, 15) is 22.0 Å². The highest BCUT2D eigenvalue weighted by Gasteiger charge is 2.51. The van der Waals surface area contributed by atoms with Gasteiger partial charge >= 0.3 is 12.3 Å². The van der Waals surface area contributed by atoms with Crippen LogP contribution in [0.1, 0.15) is 20.8 Å². The first-order valence-corrected chi connectivity index (χ1v) is 4.20. The van der Waals surface area contributed by atoms with E-state index in [2.05, 4.69) is 11.3 Å². The Hall–Kier alpha value is -0.650. The van der Waals surface area contributed by atoms with Crippen LogP contribution in [0.4, 0.5) is 22.0 Å². The molecular weight excluding hydrogens is 219 g/mol. The van der Waals surface area contributed by atoms with Gasteiger partial charge in [-0.05, 0) is 20.8 Å². The predicted octanol–water partition coefficient (Wildman–Crippen LogP) is 3.76. The summed E-state index contributed by atoms with van der Waals surface area (Å²) in [7, 11) is 0. The number of ether oxygens (including phenoxy) is 1. The van der Waals surface area contributed by atoms with Gasteiger partial charge in [-0.3, -0.25) is 0 Å². The Bertz CT molecular complexity index is 231. The molecule has 0 aliphatic rings. The Balaban J connectivity index is 4.72. The van der Waals surface area contributed by atoms with Gasteiger partial charge in [0.25, 0.3) is 0 Å². The second-order valence-corrected chi connectivity index (χ2v) is 3.74. The topological polar surface area (TPSA) is 9.23 Å². The molecule has 0 aliphatic heterocycles. The van der Waals surface area contributed by atoms with Crippen LogP contribution >= 0.6 is 0 Å². The van der Waals surface area contributed by atoms with E-state index in [0.717, 1.165) is 19.9 Å². The summed E-state index contributed by atoms with van der Waals surface area (Å²) in [6.07, 6.45) is -10.4. The number of hydrogen-bond acceptors (Lipinski definition) is 1. The van der Waals surface area contributed by atoms with Gasteiger partial charge in [-0.15, -0.1) is 6.58 Å². The summed E-state index contributed by atoms with van der Waals surface area (Å²) in [6.45, 7) is 5.75. The summed E-state index contributed by atoms with van der Waals surface area (Å²) >= 11 is 0. The maximum atomic E-state index is 13.2. The zero-order valence-electron chi connectivity index (χ0n) is 8.66. The molecule has 0 aromatic heterocycles. The lowest BCUT2D eigenvalue weighted by atomic mass is 9.92.